The number of ether oxygens (including phenoxy) is 2. The summed E-state index contributed by atoms with van der Waals surface area (Å²) in [5.41, 5.74) is 7.51. The van der Waals surface area contributed by atoms with Crippen molar-refractivity contribution in [3.63, 3.8) is 0 Å². The topological polar surface area (TPSA) is 102 Å². The van der Waals surface area contributed by atoms with Gasteiger partial charge in [-0.1, -0.05) is 12.1 Å². The second-order valence-corrected chi connectivity index (χ2v) is 11.4. The maximum Gasteiger partial charge on any atom is 0.306 e. The predicted molar refractivity (Wildman–Crippen MR) is 155 cm³/mol. The fraction of sp³-hybridized carbons (Fsp3) is 0.333. The van der Waals surface area contributed by atoms with E-state index in [9.17, 15) is 9.90 Å². The lowest BCUT2D eigenvalue weighted by atomic mass is 9.97. The van der Waals surface area contributed by atoms with Gasteiger partial charge in [-0.25, -0.2) is 0 Å². The van der Waals surface area contributed by atoms with Gasteiger partial charge in [0.1, 0.15) is 16.9 Å². The predicted octanol–water partition coefficient (Wildman–Crippen LogP) is 5.20. The van der Waals surface area contributed by atoms with Crippen molar-refractivity contribution in [2.24, 2.45) is 4.99 Å². The van der Waals surface area contributed by atoms with Gasteiger partial charge in [0, 0.05) is 34.8 Å². The largest absolute Gasteiger partial charge is 0.493 e. The summed E-state index contributed by atoms with van der Waals surface area (Å²) < 4.78 is 13.0. The molecule has 0 aliphatic carbocycles. The minimum Gasteiger partial charge on any atom is -0.493 e. The van der Waals surface area contributed by atoms with Crippen LogP contribution in [0.1, 0.15) is 56.8 Å². The molecule has 0 spiro atoms. The van der Waals surface area contributed by atoms with Crippen molar-refractivity contribution >= 4 is 28.7 Å². The van der Waals surface area contributed by atoms with Gasteiger partial charge in [0.25, 0.3) is 0 Å². The van der Waals surface area contributed by atoms with Crippen LogP contribution in [0.5, 0.6) is 11.5 Å². The molecule has 0 saturated carbocycles. The molecule has 2 aromatic heterocycles. The van der Waals surface area contributed by atoms with Crippen molar-refractivity contribution in [3.8, 4) is 16.5 Å². The smallest absolute Gasteiger partial charge is 0.306 e. The number of aromatic nitrogens is 3. The first-order chi connectivity index (χ1) is 19.3. The lowest BCUT2D eigenvalue weighted by Crippen LogP contribution is -2.30. The number of hydrogen-bond acceptors (Lipinski definition) is 8. The number of hydrogen-bond donors (Lipinski definition) is 1. The summed E-state index contributed by atoms with van der Waals surface area (Å²) in [6, 6.07) is 11.9. The van der Waals surface area contributed by atoms with Gasteiger partial charge in [0.05, 0.1) is 26.4 Å². The Labute approximate surface area is 236 Å². The molecule has 0 fully saturated rings. The number of fused-ring (bicyclic) bond motifs is 4. The number of benzene rings is 2. The summed E-state index contributed by atoms with van der Waals surface area (Å²) in [6.07, 6.45) is 0.755. The number of aliphatic carboxylic acids is 1. The first-order valence-corrected chi connectivity index (χ1v) is 14.0. The van der Waals surface area contributed by atoms with Gasteiger partial charge < -0.3 is 19.5 Å². The average Bonchev–Trinajstić information content (AvgIpc) is 3.43. The molecule has 1 atom stereocenters. The van der Waals surface area contributed by atoms with Crippen molar-refractivity contribution in [1.29, 1.82) is 0 Å². The summed E-state index contributed by atoms with van der Waals surface area (Å²) in [4.78, 5) is 20.4. The standard InChI is InChI=1S/C30H31N5O4S/c1-16-17(2)40-30-27(16)28(31-23(14-26(36)37)29-33-32-18(3)35(29)30)19-6-8-22(9-7-19)34-11-10-20-12-24(38-4)25(39-5)13-21(20)15-34/h6-9,12-13,23H,10-11,14-15H2,1-5H3,(H,36,37)/t23-/m0/s1. The SMILES string of the molecule is COc1cc2c(cc1OC)CN(c1ccc(C3=N[C@@H](CC(=O)O)c4nnc(C)n4-c4sc(C)c(C)c43)cc1)CC2. The molecule has 10 heteroatoms. The molecule has 2 aliphatic rings. The molecule has 0 amide bonds. The molecular weight excluding hydrogens is 526 g/mol. The molecule has 4 heterocycles. The van der Waals surface area contributed by atoms with Crippen molar-refractivity contribution in [2.45, 2.75) is 46.2 Å². The highest BCUT2D eigenvalue weighted by Gasteiger charge is 2.32. The van der Waals surface area contributed by atoms with Gasteiger partial charge in [0.15, 0.2) is 17.3 Å². The van der Waals surface area contributed by atoms with Gasteiger partial charge in [-0.15, -0.1) is 21.5 Å². The highest BCUT2D eigenvalue weighted by molar-refractivity contribution is 7.15. The fourth-order valence-corrected chi connectivity index (χ4v) is 6.84. The van der Waals surface area contributed by atoms with Gasteiger partial charge >= 0.3 is 5.97 Å². The summed E-state index contributed by atoms with van der Waals surface area (Å²) in [5, 5.41) is 19.3. The third kappa shape index (κ3) is 4.32. The van der Waals surface area contributed by atoms with E-state index in [1.807, 2.05) is 11.5 Å². The molecule has 6 rings (SSSR count). The summed E-state index contributed by atoms with van der Waals surface area (Å²) in [6.45, 7) is 7.76. The van der Waals surface area contributed by atoms with Crippen LogP contribution in [0.2, 0.25) is 0 Å². The fourth-order valence-electron chi connectivity index (χ4n) is 5.62. The van der Waals surface area contributed by atoms with Crippen LogP contribution < -0.4 is 14.4 Å². The second kappa shape index (κ2) is 10.1. The minimum atomic E-state index is -0.923. The highest BCUT2D eigenvalue weighted by Crippen LogP contribution is 2.40. The Bertz CT molecular complexity index is 1650. The van der Waals surface area contributed by atoms with Crippen LogP contribution in [0.3, 0.4) is 0 Å². The van der Waals surface area contributed by atoms with Crippen LogP contribution in [0, 0.1) is 20.8 Å². The van der Waals surface area contributed by atoms with Crippen LogP contribution in [0.25, 0.3) is 5.00 Å². The number of carbonyl (C=O) groups is 1. The number of methoxy groups -OCH3 is 2. The molecule has 40 heavy (non-hydrogen) atoms. The summed E-state index contributed by atoms with van der Waals surface area (Å²) in [5.74, 6) is 1.86. The van der Waals surface area contributed by atoms with Gasteiger partial charge in [-0.05, 0) is 68.1 Å². The van der Waals surface area contributed by atoms with Gasteiger partial charge in [-0.3, -0.25) is 14.4 Å². The zero-order chi connectivity index (χ0) is 28.1. The van der Waals surface area contributed by atoms with Crippen molar-refractivity contribution in [1.82, 2.24) is 14.8 Å². The summed E-state index contributed by atoms with van der Waals surface area (Å²) >= 11 is 1.66. The van der Waals surface area contributed by atoms with Crippen molar-refractivity contribution in [3.05, 3.63) is 80.7 Å². The normalized spacial score (nSPS) is 16.0. The van der Waals surface area contributed by atoms with Gasteiger partial charge in [-0.2, -0.15) is 0 Å². The maximum absolute atomic E-state index is 11.8. The number of carboxylic acids is 1. The number of anilines is 1. The third-order valence-corrected chi connectivity index (χ3v) is 9.02. The quantitative estimate of drug-likeness (QED) is 0.348. The third-order valence-electron chi connectivity index (χ3n) is 7.83. The lowest BCUT2D eigenvalue weighted by molar-refractivity contribution is -0.137. The average molecular weight is 558 g/mol. The Morgan fingerprint density at radius 2 is 1.75 bits per heavy atom. The van der Waals surface area contributed by atoms with Gasteiger partial charge in [0.2, 0.25) is 0 Å². The van der Waals surface area contributed by atoms with Crippen molar-refractivity contribution in [2.75, 3.05) is 25.7 Å². The Kier molecular flexibility index (Phi) is 6.58. The zero-order valence-electron chi connectivity index (χ0n) is 23.2. The van der Waals surface area contributed by atoms with E-state index in [2.05, 4.69) is 65.3 Å². The molecule has 206 valence electrons. The number of aryl methyl sites for hydroxylation is 2. The van der Waals surface area contributed by atoms with E-state index < -0.39 is 12.0 Å². The van der Waals surface area contributed by atoms with E-state index in [4.69, 9.17) is 14.5 Å². The van der Waals surface area contributed by atoms with E-state index in [0.717, 1.165) is 69.9 Å². The number of rotatable bonds is 6. The molecule has 0 saturated heterocycles. The van der Waals surface area contributed by atoms with Crippen LogP contribution in [-0.2, 0) is 17.8 Å². The molecular formula is C30H31N5O4S. The first kappa shape index (κ1) is 26.1. The Morgan fingerprint density at radius 1 is 1.05 bits per heavy atom. The van der Waals surface area contributed by atoms with E-state index in [-0.39, 0.29) is 6.42 Å². The lowest BCUT2D eigenvalue weighted by Gasteiger charge is -2.31. The van der Waals surface area contributed by atoms with E-state index in [0.29, 0.717) is 5.82 Å². The number of nitrogens with zero attached hydrogens (tertiary/aromatic N) is 5. The van der Waals surface area contributed by atoms with Crippen LogP contribution in [-0.4, -0.2) is 52.3 Å². The zero-order valence-corrected chi connectivity index (χ0v) is 24.0. The van der Waals surface area contributed by atoms with E-state index >= 15 is 0 Å². The molecule has 1 N–H and O–H groups in total. The first-order valence-electron chi connectivity index (χ1n) is 13.2. The molecule has 0 radical (unpaired) electrons. The molecule has 9 nitrogen and oxygen atoms in total. The molecule has 2 aliphatic heterocycles. The molecule has 0 bridgehead atoms. The Balaban J connectivity index is 1.37. The van der Waals surface area contributed by atoms with Crippen molar-refractivity contribution < 1.29 is 19.4 Å². The minimum absolute atomic E-state index is 0.159. The Hall–Kier alpha value is -4.18. The molecule has 4 aromatic rings. The molecule has 2 aromatic carbocycles. The monoisotopic (exact) mass is 557 g/mol. The van der Waals surface area contributed by atoms with E-state index in [1.165, 1.54) is 16.0 Å². The number of carboxylic acid groups (broad SMARTS) is 1. The second-order valence-electron chi connectivity index (χ2n) is 10.2. The summed E-state index contributed by atoms with van der Waals surface area (Å²) in [7, 11) is 3.32. The van der Waals surface area contributed by atoms with E-state index in [1.54, 1.807) is 25.6 Å². The van der Waals surface area contributed by atoms with Crippen LogP contribution in [0.4, 0.5) is 5.69 Å². The molecule has 0 unspecified atom stereocenters. The maximum atomic E-state index is 11.8. The van der Waals surface area contributed by atoms with Crippen LogP contribution in [0.15, 0.2) is 41.4 Å². The van der Waals surface area contributed by atoms with Crippen LogP contribution >= 0.6 is 11.3 Å². The Morgan fingerprint density at radius 3 is 2.42 bits per heavy atom. The number of aliphatic imine (C=N–C) groups is 1. The highest BCUT2D eigenvalue weighted by atomic mass is 32.1. The number of thiophene rings is 1.